The quantitative estimate of drug-likeness (QED) is 0.736. The van der Waals surface area contributed by atoms with Crippen LogP contribution in [0.2, 0.25) is 0 Å². The zero-order valence-electron chi connectivity index (χ0n) is 10.3. The topological polar surface area (TPSA) is 52.1 Å². The van der Waals surface area contributed by atoms with Crippen molar-refractivity contribution < 1.29 is 9.53 Å². The summed E-state index contributed by atoms with van der Waals surface area (Å²) in [6.07, 6.45) is 2.33. The van der Waals surface area contributed by atoms with E-state index < -0.39 is 0 Å². The van der Waals surface area contributed by atoms with E-state index in [2.05, 4.69) is 30.7 Å². The number of esters is 1. The van der Waals surface area contributed by atoms with Gasteiger partial charge in [0.2, 0.25) is 0 Å². The second-order valence-corrected chi connectivity index (χ2v) is 4.82. The fourth-order valence-corrected chi connectivity index (χ4v) is 1.28. The number of hydrogen-bond acceptors (Lipinski definition) is 4. The maximum atomic E-state index is 11.5. The number of rotatable bonds is 3. The summed E-state index contributed by atoms with van der Waals surface area (Å²) in [7, 11) is 0. The molecule has 1 rings (SSSR count). The van der Waals surface area contributed by atoms with E-state index in [-0.39, 0.29) is 11.4 Å². The van der Waals surface area contributed by atoms with Crippen LogP contribution in [0.15, 0.2) is 12.3 Å². The molecule has 0 aliphatic heterocycles. The highest BCUT2D eigenvalue weighted by molar-refractivity contribution is 5.87. The minimum Gasteiger partial charge on any atom is -0.461 e. The van der Waals surface area contributed by atoms with Gasteiger partial charge in [-0.2, -0.15) is 0 Å². The van der Waals surface area contributed by atoms with Crippen LogP contribution in [-0.4, -0.2) is 22.5 Å². The van der Waals surface area contributed by atoms with E-state index in [9.17, 15) is 4.79 Å². The van der Waals surface area contributed by atoms with E-state index in [0.29, 0.717) is 18.1 Å². The lowest BCUT2D eigenvalue weighted by Crippen LogP contribution is -2.15. The number of hydrogen-bond donors (Lipinski definition) is 0. The summed E-state index contributed by atoms with van der Waals surface area (Å²) < 4.78 is 4.88. The molecule has 0 saturated heterocycles. The van der Waals surface area contributed by atoms with Crippen LogP contribution in [0.1, 0.15) is 44.0 Å². The number of carbonyl (C=O) groups excluding carboxylic acids is 1. The van der Waals surface area contributed by atoms with Gasteiger partial charge in [0, 0.05) is 12.6 Å². The molecule has 1 aromatic rings. The maximum Gasteiger partial charge on any atom is 0.357 e. The number of aromatic nitrogens is 2. The van der Waals surface area contributed by atoms with Gasteiger partial charge < -0.3 is 4.74 Å². The molecule has 0 aliphatic carbocycles. The zero-order valence-corrected chi connectivity index (χ0v) is 10.3. The molecule has 0 aromatic carbocycles. The SMILES string of the molecule is CCOC(=O)c1ccnc(CC(C)(C)C)n1. The molecule has 0 saturated carbocycles. The lowest BCUT2D eigenvalue weighted by atomic mass is 9.92. The minimum atomic E-state index is -0.389. The lowest BCUT2D eigenvalue weighted by molar-refractivity contribution is 0.0518. The predicted octanol–water partition coefficient (Wildman–Crippen LogP) is 2.24. The van der Waals surface area contributed by atoms with Gasteiger partial charge in [-0.1, -0.05) is 20.8 Å². The van der Waals surface area contributed by atoms with Gasteiger partial charge in [-0.25, -0.2) is 14.8 Å². The normalized spacial score (nSPS) is 11.2. The molecule has 1 aromatic heterocycles. The zero-order chi connectivity index (χ0) is 12.2. The number of nitrogens with zero attached hydrogens (tertiary/aromatic N) is 2. The predicted molar refractivity (Wildman–Crippen MR) is 61.1 cm³/mol. The van der Waals surface area contributed by atoms with Gasteiger partial charge in [0.1, 0.15) is 5.82 Å². The summed E-state index contributed by atoms with van der Waals surface area (Å²) in [5.74, 6) is 0.290. The van der Waals surface area contributed by atoms with Crippen molar-refractivity contribution in [3.05, 3.63) is 23.8 Å². The van der Waals surface area contributed by atoms with Crippen molar-refractivity contribution in [2.24, 2.45) is 5.41 Å². The second kappa shape index (κ2) is 5.05. The van der Waals surface area contributed by atoms with Crippen LogP contribution in [0.5, 0.6) is 0 Å². The first-order chi connectivity index (χ1) is 7.42. The standard InChI is InChI=1S/C12H18N2O2/c1-5-16-11(15)9-6-7-13-10(14-9)8-12(2,3)4/h6-7H,5,8H2,1-4H3. The fourth-order valence-electron chi connectivity index (χ4n) is 1.28. The van der Waals surface area contributed by atoms with Crippen LogP contribution >= 0.6 is 0 Å². The Bertz CT molecular complexity index is 370. The molecular formula is C12H18N2O2. The third-order valence-electron chi connectivity index (χ3n) is 1.88. The molecule has 1 heterocycles. The Kier molecular flexibility index (Phi) is 3.99. The fraction of sp³-hybridized carbons (Fsp3) is 0.583. The van der Waals surface area contributed by atoms with Crippen LogP contribution in [0.4, 0.5) is 0 Å². The Balaban J connectivity index is 2.83. The molecule has 0 spiro atoms. The van der Waals surface area contributed by atoms with Crippen LogP contribution in [0.3, 0.4) is 0 Å². The second-order valence-electron chi connectivity index (χ2n) is 4.82. The molecule has 0 bridgehead atoms. The number of carbonyl (C=O) groups is 1. The molecule has 0 unspecified atom stereocenters. The molecule has 0 amide bonds. The van der Waals surface area contributed by atoms with E-state index in [1.807, 2.05) is 0 Å². The Hall–Kier alpha value is -1.45. The molecular weight excluding hydrogens is 204 g/mol. The van der Waals surface area contributed by atoms with Crippen molar-refractivity contribution in [3.8, 4) is 0 Å². The molecule has 88 valence electrons. The van der Waals surface area contributed by atoms with Crippen LogP contribution in [0, 0.1) is 5.41 Å². The van der Waals surface area contributed by atoms with Crippen molar-refractivity contribution in [3.63, 3.8) is 0 Å². The Morgan fingerprint density at radius 1 is 1.44 bits per heavy atom. The lowest BCUT2D eigenvalue weighted by Gasteiger charge is -2.16. The first kappa shape index (κ1) is 12.6. The van der Waals surface area contributed by atoms with E-state index in [1.165, 1.54) is 0 Å². The summed E-state index contributed by atoms with van der Waals surface area (Å²) in [5.41, 5.74) is 0.434. The van der Waals surface area contributed by atoms with Gasteiger partial charge >= 0.3 is 5.97 Å². The van der Waals surface area contributed by atoms with Gasteiger partial charge in [0.15, 0.2) is 5.69 Å². The molecule has 16 heavy (non-hydrogen) atoms. The van der Waals surface area contributed by atoms with E-state index in [4.69, 9.17) is 4.74 Å². The third kappa shape index (κ3) is 3.96. The molecule has 0 fully saturated rings. The van der Waals surface area contributed by atoms with E-state index >= 15 is 0 Å². The average molecular weight is 222 g/mol. The maximum absolute atomic E-state index is 11.5. The minimum absolute atomic E-state index is 0.104. The Morgan fingerprint density at radius 2 is 2.12 bits per heavy atom. The average Bonchev–Trinajstić information content (AvgIpc) is 2.16. The largest absolute Gasteiger partial charge is 0.461 e. The smallest absolute Gasteiger partial charge is 0.357 e. The molecule has 4 heteroatoms. The highest BCUT2D eigenvalue weighted by Gasteiger charge is 2.15. The van der Waals surface area contributed by atoms with Crippen molar-refractivity contribution >= 4 is 5.97 Å². The van der Waals surface area contributed by atoms with E-state index in [1.54, 1.807) is 19.2 Å². The van der Waals surface area contributed by atoms with Crippen molar-refractivity contribution in [2.75, 3.05) is 6.61 Å². The first-order valence-corrected chi connectivity index (χ1v) is 5.41. The highest BCUT2D eigenvalue weighted by Crippen LogP contribution is 2.18. The van der Waals surface area contributed by atoms with Crippen LogP contribution in [-0.2, 0) is 11.2 Å². The Labute approximate surface area is 96.1 Å². The molecule has 4 nitrogen and oxygen atoms in total. The van der Waals surface area contributed by atoms with Gasteiger partial charge in [-0.15, -0.1) is 0 Å². The molecule has 0 atom stereocenters. The summed E-state index contributed by atoms with van der Waals surface area (Å²) in [6, 6.07) is 1.57. The van der Waals surface area contributed by atoms with Crippen LogP contribution in [0.25, 0.3) is 0 Å². The number of ether oxygens (including phenoxy) is 1. The molecule has 0 radical (unpaired) electrons. The van der Waals surface area contributed by atoms with Gasteiger partial charge in [-0.05, 0) is 18.4 Å². The van der Waals surface area contributed by atoms with Crippen LogP contribution < -0.4 is 0 Å². The third-order valence-corrected chi connectivity index (χ3v) is 1.88. The summed E-state index contributed by atoms with van der Waals surface area (Å²) >= 11 is 0. The van der Waals surface area contributed by atoms with E-state index in [0.717, 1.165) is 6.42 Å². The van der Waals surface area contributed by atoms with Crippen molar-refractivity contribution in [2.45, 2.75) is 34.1 Å². The highest BCUT2D eigenvalue weighted by atomic mass is 16.5. The first-order valence-electron chi connectivity index (χ1n) is 5.41. The monoisotopic (exact) mass is 222 g/mol. The summed E-state index contributed by atoms with van der Waals surface area (Å²) in [5, 5.41) is 0. The molecule has 0 aliphatic rings. The summed E-state index contributed by atoms with van der Waals surface area (Å²) in [6.45, 7) is 8.45. The molecule has 0 N–H and O–H groups in total. The van der Waals surface area contributed by atoms with Gasteiger partial charge in [-0.3, -0.25) is 0 Å². The Morgan fingerprint density at radius 3 is 2.69 bits per heavy atom. The van der Waals surface area contributed by atoms with Crippen molar-refractivity contribution in [1.29, 1.82) is 0 Å². The van der Waals surface area contributed by atoms with Gasteiger partial charge in [0.05, 0.1) is 6.61 Å². The summed E-state index contributed by atoms with van der Waals surface area (Å²) in [4.78, 5) is 19.8. The van der Waals surface area contributed by atoms with Gasteiger partial charge in [0.25, 0.3) is 0 Å². The van der Waals surface area contributed by atoms with Crippen molar-refractivity contribution in [1.82, 2.24) is 9.97 Å².